The normalized spacial score (nSPS) is 30.6. The van der Waals surface area contributed by atoms with Crippen molar-refractivity contribution >= 4 is 17.8 Å². The van der Waals surface area contributed by atoms with E-state index in [9.17, 15) is 19.5 Å². The van der Waals surface area contributed by atoms with E-state index >= 15 is 0 Å². The number of allylic oxidation sites excluding steroid dienone is 1. The van der Waals surface area contributed by atoms with Crippen molar-refractivity contribution in [3.05, 3.63) is 25.3 Å². The Morgan fingerprint density at radius 2 is 1.95 bits per heavy atom. The van der Waals surface area contributed by atoms with Crippen LogP contribution in [0.3, 0.4) is 0 Å². The van der Waals surface area contributed by atoms with Crippen LogP contribution >= 0.6 is 0 Å². The molecule has 8 heteroatoms. The number of aliphatic hydroxyl groups is 1. The molecule has 8 nitrogen and oxygen atoms in total. The van der Waals surface area contributed by atoms with E-state index in [1.807, 2.05) is 20.8 Å². The Bertz CT molecular complexity index is 908. The zero-order chi connectivity index (χ0) is 28.8. The Kier molecular flexibility index (Phi) is 10.8. The Balaban J connectivity index is 2.08. The third-order valence-electron chi connectivity index (χ3n) is 9.44. The molecule has 0 aromatic carbocycles. The Morgan fingerprint density at radius 1 is 1.21 bits per heavy atom. The molecule has 2 amide bonds. The molecular formula is C31H50N2O6. The van der Waals surface area contributed by atoms with Gasteiger partial charge in [-0.25, -0.2) is 0 Å². The Hall–Kier alpha value is -2.19. The van der Waals surface area contributed by atoms with Crippen molar-refractivity contribution in [2.24, 2.45) is 17.8 Å². The number of carbonyl (C=O) groups is 3. The number of esters is 1. The van der Waals surface area contributed by atoms with Gasteiger partial charge in [0.15, 0.2) is 0 Å². The number of ether oxygens (including phenoxy) is 2. The smallest absolute Gasteiger partial charge is 0.312 e. The van der Waals surface area contributed by atoms with Crippen molar-refractivity contribution in [1.82, 2.24) is 9.80 Å². The maximum Gasteiger partial charge on any atom is 0.312 e. The second-order valence-electron chi connectivity index (χ2n) is 11.6. The highest BCUT2D eigenvalue weighted by Crippen LogP contribution is 2.65. The molecule has 3 rings (SSSR count). The standard InChI is InChI=1S/C31H50N2O6/c1-7-12-14-19-32(18-9-3)28(36)26-31-17-16-30(11-5,39-31)25(29(37)38-20-15-13-8-2)24(31)27(35)33(26)23(21-34)22(6)10-4/h8-9,22-26,34H,2-3,7,10-21H2,1,4-6H3/t22-,23-,24-,25+,26?,30-,31?/m0/s1. The lowest BCUT2D eigenvalue weighted by Gasteiger charge is -2.41. The lowest BCUT2D eigenvalue weighted by atomic mass is 9.65. The quantitative estimate of drug-likeness (QED) is 0.166. The molecule has 0 saturated carbocycles. The lowest BCUT2D eigenvalue weighted by Crippen LogP contribution is -2.60. The van der Waals surface area contributed by atoms with Crippen molar-refractivity contribution in [1.29, 1.82) is 0 Å². The van der Waals surface area contributed by atoms with Crippen LogP contribution in [0.2, 0.25) is 0 Å². The molecular weight excluding hydrogens is 496 g/mol. The van der Waals surface area contributed by atoms with Gasteiger partial charge < -0.3 is 24.4 Å². The minimum absolute atomic E-state index is 0.0425. The van der Waals surface area contributed by atoms with Crippen molar-refractivity contribution in [2.75, 3.05) is 26.3 Å². The first kappa shape index (κ1) is 31.3. The third-order valence-corrected chi connectivity index (χ3v) is 9.44. The molecule has 39 heavy (non-hydrogen) atoms. The van der Waals surface area contributed by atoms with Crippen molar-refractivity contribution < 1.29 is 29.0 Å². The molecule has 3 heterocycles. The summed E-state index contributed by atoms with van der Waals surface area (Å²) in [5, 5.41) is 10.5. The minimum atomic E-state index is -1.12. The van der Waals surface area contributed by atoms with Crippen LogP contribution in [0.15, 0.2) is 25.3 Å². The number of likely N-dealkylation sites (tertiary alicyclic amines) is 1. The summed E-state index contributed by atoms with van der Waals surface area (Å²) >= 11 is 0. The minimum Gasteiger partial charge on any atom is -0.465 e. The first-order valence-electron chi connectivity index (χ1n) is 15.0. The molecule has 1 spiro atoms. The van der Waals surface area contributed by atoms with Gasteiger partial charge in [-0.15, -0.1) is 13.2 Å². The molecule has 2 bridgehead atoms. The zero-order valence-electron chi connectivity index (χ0n) is 24.5. The molecule has 3 fully saturated rings. The van der Waals surface area contributed by atoms with Crippen LogP contribution in [-0.2, 0) is 23.9 Å². The van der Waals surface area contributed by atoms with Crippen LogP contribution in [0.5, 0.6) is 0 Å². The Labute approximate surface area is 234 Å². The molecule has 1 N–H and O–H groups in total. The lowest BCUT2D eigenvalue weighted by molar-refractivity contribution is -0.164. The first-order chi connectivity index (χ1) is 18.7. The monoisotopic (exact) mass is 546 g/mol. The van der Waals surface area contributed by atoms with Gasteiger partial charge in [-0.3, -0.25) is 14.4 Å². The van der Waals surface area contributed by atoms with E-state index in [1.165, 1.54) is 0 Å². The molecule has 0 radical (unpaired) electrons. The predicted octanol–water partition coefficient (Wildman–Crippen LogP) is 4.26. The summed E-state index contributed by atoms with van der Waals surface area (Å²) in [6.45, 7) is 16.6. The van der Waals surface area contributed by atoms with Crippen LogP contribution < -0.4 is 0 Å². The van der Waals surface area contributed by atoms with Gasteiger partial charge >= 0.3 is 5.97 Å². The van der Waals surface area contributed by atoms with E-state index in [-0.39, 0.29) is 30.9 Å². The molecule has 2 unspecified atom stereocenters. The highest BCUT2D eigenvalue weighted by Gasteiger charge is 2.79. The molecule has 0 aliphatic carbocycles. The molecule has 0 aromatic heterocycles. The predicted molar refractivity (Wildman–Crippen MR) is 151 cm³/mol. The van der Waals surface area contributed by atoms with Gasteiger partial charge in [0.2, 0.25) is 11.8 Å². The van der Waals surface area contributed by atoms with Gasteiger partial charge in [-0.1, -0.05) is 59.1 Å². The Morgan fingerprint density at radius 3 is 2.54 bits per heavy atom. The summed E-state index contributed by atoms with van der Waals surface area (Å²) < 4.78 is 12.5. The fraction of sp³-hybridized carbons (Fsp3) is 0.774. The number of fused-ring (bicyclic) bond motifs is 1. The van der Waals surface area contributed by atoms with Gasteiger partial charge in [0.1, 0.15) is 17.6 Å². The van der Waals surface area contributed by atoms with Crippen LogP contribution in [0.1, 0.15) is 85.5 Å². The van der Waals surface area contributed by atoms with Gasteiger partial charge in [0, 0.05) is 13.1 Å². The second-order valence-corrected chi connectivity index (χ2v) is 11.6. The second kappa shape index (κ2) is 13.4. The number of aliphatic hydroxyl groups excluding tert-OH is 1. The number of nitrogens with zero attached hydrogens (tertiary/aromatic N) is 2. The number of carbonyl (C=O) groups excluding carboxylic acids is 3. The van der Waals surface area contributed by atoms with E-state index < -0.39 is 41.1 Å². The van der Waals surface area contributed by atoms with Crippen LogP contribution in [0.25, 0.3) is 0 Å². The summed E-state index contributed by atoms with van der Waals surface area (Å²) in [5.74, 6) is -2.52. The fourth-order valence-electron chi connectivity index (χ4n) is 7.13. The average molecular weight is 547 g/mol. The highest BCUT2D eigenvalue weighted by atomic mass is 16.6. The van der Waals surface area contributed by atoms with Crippen molar-refractivity contribution in [2.45, 2.75) is 109 Å². The zero-order valence-corrected chi connectivity index (χ0v) is 24.5. The average Bonchev–Trinajstić information content (AvgIpc) is 3.54. The van der Waals surface area contributed by atoms with E-state index in [2.05, 4.69) is 20.1 Å². The number of amides is 2. The molecule has 3 aliphatic rings. The van der Waals surface area contributed by atoms with Gasteiger partial charge in [0.05, 0.1) is 30.8 Å². The van der Waals surface area contributed by atoms with E-state index in [4.69, 9.17) is 9.47 Å². The highest BCUT2D eigenvalue weighted by molar-refractivity contribution is 5.98. The van der Waals surface area contributed by atoms with E-state index in [0.717, 1.165) is 32.1 Å². The van der Waals surface area contributed by atoms with Gasteiger partial charge in [0.25, 0.3) is 0 Å². The maximum atomic E-state index is 14.5. The summed E-state index contributed by atoms with van der Waals surface area (Å²) in [4.78, 5) is 45.9. The largest absolute Gasteiger partial charge is 0.465 e. The molecule has 0 aromatic rings. The summed E-state index contributed by atoms with van der Waals surface area (Å²) in [6.07, 6.45) is 10.1. The fourth-order valence-corrected chi connectivity index (χ4v) is 7.13. The molecule has 3 aliphatic heterocycles. The van der Waals surface area contributed by atoms with Gasteiger partial charge in [-0.05, 0) is 44.4 Å². The molecule has 3 saturated heterocycles. The van der Waals surface area contributed by atoms with Crippen molar-refractivity contribution in [3.8, 4) is 0 Å². The summed E-state index contributed by atoms with van der Waals surface area (Å²) in [5.41, 5.74) is -1.96. The number of rotatable bonds is 17. The number of hydrogen-bond acceptors (Lipinski definition) is 6. The number of unbranched alkanes of at least 4 members (excludes halogenated alkanes) is 3. The van der Waals surface area contributed by atoms with E-state index in [1.54, 1.807) is 22.0 Å². The molecule has 7 atom stereocenters. The SMILES string of the molecule is C=CCCCOC(=O)[C@H]1[C@H]2C(=O)N([C@@H](CO)[C@@H](C)CC)C(C(=O)N(CC=C)CCCCC)C23CC[C@]1(CC)O3. The topological polar surface area (TPSA) is 96.4 Å². The maximum absolute atomic E-state index is 14.5. The summed E-state index contributed by atoms with van der Waals surface area (Å²) in [6, 6.07) is -1.46. The van der Waals surface area contributed by atoms with E-state index in [0.29, 0.717) is 38.8 Å². The van der Waals surface area contributed by atoms with Crippen LogP contribution in [-0.4, -0.2) is 82.3 Å². The van der Waals surface area contributed by atoms with Gasteiger partial charge in [-0.2, -0.15) is 0 Å². The van der Waals surface area contributed by atoms with Crippen molar-refractivity contribution in [3.63, 3.8) is 0 Å². The van der Waals surface area contributed by atoms with Crippen LogP contribution in [0.4, 0.5) is 0 Å². The number of hydrogen-bond donors (Lipinski definition) is 1. The third kappa shape index (κ3) is 5.56. The summed E-state index contributed by atoms with van der Waals surface area (Å²) in [7, 11) is 0. The first-order valence-corrected chi connectivity index (χ1v) is 15.0. The van der Waals surface area contributed by atoms with Crippen LogP contribution in [0, 0.1) is 17.8 Å². The molecule has 220 valence electrons.